The summed E-state index contributed by atoms with van der Waals surface area (Å²) in [6.45, 7) is 0. The highest BCUT2D eigenvalue weighted by molar-refractivity contribution is 5.51. The van der Waals surface area contributed by atoms with E-state index in [0.29, 0.717) is 6.41 Å². The van der Waals surface area contributed by atoms with E-state index < -0.39 is 6.08 Å². The van der Waals surface area contributed by atoms with E-state index in [-0.39, 0.29) is 0 Å². The van der Waals surface area contributed by atoms with Gasteiger partial charge in [0, 0.05) is 12.4 Å². The highest BCUT2D eigenvalue weighted by Gasteiger charge is 1.94. The Labute approximate surface area is 44.8 Å². The first-order valence-electron chi connectivity index (χ1n) is 1.98. The van der Waals surface area contributed by atoms with Gasteiger partial charge in [-0.25, -0.2) is 9.55 Å². The minimum absolute atomic E-state index is 0.350. The molecule has 0 aliphatic rings. The molecule has 8 heavy (non-hydrogen) atoms. The maximum atomic E-state index is 12.0. The number of hydrogen-bond acceptors (Lipinski definition) is 2. The van der Waals surface area contributed by atoms with Gasteiger partial charge in [0.15, 0.2) is 0 Å². The van der Waals surface area contributed by atoms with Crippen LogP contribution in [0.5, 0.6) is 0 Å². The van der Waals surface area contributed by atoms with E-state index in [9.17, 15) is 9.18 Å². The number of carbonyl (C=O) groups excluding carboxylic acids is 1. The van der Waals surface area contributed by atoms with Gasteiger partial charge in [-0.15, -0.1) is 0 Å². The number of nitrogens with zero attached hydrogens (tertiary/aromatic N) is 2. The van der Waals surface area contributed by atoms with E-state index in [2.05, 4.69) is 4.98 Å². The minimum Gasteiger partial charge on any atom is -0.278 e. The van der Waals surface area contributed by atoms with Gasteiger partial charge < -0.3 is 0 Å². The summed E-state index contributed by atoms with van der Waals surface area (Å²) in [5.41, 5.74) is 0. The fraction of sp³-hybridized carbons (Fsp3) is 0. The molecule has 0 bridgehead atoms. The van der Waals surface area contributed by atoms with Crippen molar-refractivity contribution in [2.24, 2.45) is 0 Å². The SMILES string of the molecule is O=Cn1ccnc1F. The molecular formula is C4H3FN2O. The van der Waals surface area contributed by atoms with Gasteiger partial charge in [0.2, 0.25) is 6.41 Å². The standard InChI is InChI=1S/C4H3FN2O/c5-4-6-1-2-7(4)3-8/h1-3H. The summed E-state index contributed by atoms with van der Waals surface area (Å²) >= 11 is 0. The molecule has 42 valence electrons. The summed E-state index contributed by atoms with van der Waals surface area (Å²) in [7, 11) is 0. The first-order chi connectivity index (χ1) is 3.84. The fourth-order valence-electron chi connectivity index (χ4n) is 0.373. The maximum absolute atomic E-state index is 12.0. The predicted octanol–water partition coefficient (Wildman–Crippen LogP) is 0.0605. The lowest BCUT2D eigenvalue weighted by atomic mass is 10.9. The number of halogens is 1. The Kier molecular flexibility index (Phi) is 1.07. The largest absolute Gasteiger partial charge is 0.295 e. The molecule has 1 aromatic rings. The molecule has 0 unspecified atom stereocenters. The average molecular weight is 114 g/mol. The van der Waals surface area contributed by atoms with Gasteiger partial charge in [-0.05, 0) is 0 Å². The van der Waals surface area contributed by atoms with Gasteiger partial charge in [-0.3, -0.25) is 4.79 Å². The van der Waals surface area contributed by atoms with E-state index in [1.165, 1.54) is 12.4 Å². The lowest BCUT2D eigenvalue weighted by molar-refractivity contribution is 0.499. The number of aromatic nitrogens is 2. The zero-order valence-electron chi connectivity index (χ0n) is 3.91. The van der Waals surface area contributed by atoms with Gasteiger partial charge in [0.25, 0.3) is 6.08 Å². The van der Waals surface area contributed by atoms with Gasteiger partial charge in [0.05, 0.1) is 0 Å². The molecule has 0 saturated carbocycles. The van der Waals surface area contributed by atoms with Crippen LogP contribution < -0.4 is 0 Å². The van der Waals surface area contributed by atoms with Crippen LogP contribution in [0.3, 0.4) is 0 Å². The summed E-state index contributed by atoms with van der Waals surface area (Å²) in [6, 6.07) is 0. The summed E-state index contributed by atoms with van der Waals surface area (Å²) in [5.74, 6) is 0. The van der Waals surface area contributed by atoms with E-state index in [0.717, 1.165) is 4.57 Å². The monoisotopic (exact) mass is 114 g/mol. The lowest BCUT2D eigenvalue weighted by Crippen LogP contribution is -1.95. The number of rotatable bonds is 1. The van der Waals surface area contributed by atoms with Crippen molar-refractivity contribution >= 4 is 6.41 Å². The van der Waals surface area contributed by atoms with E-state index in [1.807, 2.05) is 0 Å². The molecule has 3 nitrogen and oxygen atoms in total. The van der Waals surface area contributed by atoms with Crippen LogP contribution >= 0.6 is 0 Å². The van der Waals surface area contributed by atoms with Crippen molar-refractivity contribution in [1.29, 1.82) is 0 Å². The van der Waals surface area contributed by atoms with Gasteiger partial charge in [-0.1, -0.05) is 0 Å². The molecular weight excluding hydrogens is 111 g/mol. The van der Waals surface area contributed by atoms with Gasteiger partial charge >= 0.3 is 0 Å². The molecule has 0 aliphatic carbocycles. The van der Waals surface area contributed by atoms with Crippen LogP contribution in [0.15, 0.2) is 12.4 Å². The zero-order chi connectivity index (χ0) is 5.98. The van der Waals surface area contributed by atoms with E-state index in [4.69, 9.17) is 0 Å². The highest BCUT2D eigenvalue weighted by atomic mass is 19.1. The van der Waals surface area contributed by atoms with E-state index >= 15 is 0 Å². The summed E-state index contributed by atoms with van der Waals surface area (Å²) in [4.78, 5) is 12.9. The molecule has 0 amide bonds. The molecule has 0 N–H and O–H groups in total. The first-order valence-corrected chi connectivity index (χ1v) is 1.98. The van der Waals surface area contributed by atoms with Crippen molar-refractivity contribution in [3.05, 3.63) is 18.5 Å². The Bertz CT molecular complexity index is 196. The second kappa shape index (κ2) is 1.73. The molecule has 0 spiro atoms. The van der Waals surface area contributed by atoms with Crippen LogP contribution in [-0.4, -0.2) is 16.0 Å². The minimum atomic E-state index is -0.778. The number of imidazole rings is 1. The molecule has 1 aromatic heterocycles. The second-order valence-corrected chi connectivity index (χ2v) is 1.21. The molecule has 0 saturated heterocycles. The van der Waals surface area contributed by atoms with Crippen LogP contribution in [0.1, 0.15) is 0 Å². The molecule has 4 heteroatoms. The topological polar surface area (TPSA) is 34.9 Å². The van der Waals surface area contributed by atoms with Crippen LogP contribution in [0.4, 0.5) is 4.39 Å². The highest BCUT2D eigenvalue weighted by Crippen LogP contribution is 1.87. The third-order valence-corrected chi connectivity index (χ3v) is 0.735. The molecule has 1 heterocycles. The number of carbonyl (C=O) groups is 1. The zero-order valence-corrected chi connectivity index (χ0v) is 3.91. The Morgan fingerprint density at radius 2 is 2.62 bits per heavy atom. The Morgan fingerprint density at radius 3 is 2.88 bits per heavy atom. The maximum Gasteiger partial charge on any atom is 0.295 e. The van der Waals surface area contributed by atoms with Crippen LogP contribution in [0.25, 0.3) is 0 Å². The molecule has 0 atom stereocenters. The van der Waals surface area contributed by atoms with Gasteiger partial charge in [-0.2, -0.15) is 4.39 Å². The van der Waals surface area contributed by atoms with Crippen LogP contribution in [0.2, 0.25) is 0 Å². The Morgan fingerprint density at radius 1 is 1.88 bits per heavy atom. The molecule has 0 radical (unpaired) electrons. The van der Waals surface area contributed by atoms with Crippen molar-refractivity contribution in [2.75, 3.05) is 0 Å². The van der Waals surface area contributed by atoms with E-state index in [1.54, 1.807) is 0 Å². The Hall–Kier alpha value is -1.19. The quantitative estimate of drug-likeness (QED) is 0.484. The summed E-state index contributed by atoms with van der Waals surface area (Å²) < 4.78 is 12.7. The third-order valence-electron chi connectivity index (χ3n) is 0.735. The van der Waals surface area contributed by atoms with Crippen molar-refractivity contribution < 1.29 is 9.18 Å². The van der Waals surface area contributed by atoms with Crippen molar-refractivity contribution in [3.63, 3.8) is 0 Å². The summed E-state index contributed by atoms with van der Waals surface area (Å²) in [6.07, 6.45) is 2.02. The second-order valence-electron chi connectivity index (χ2n) is 1.21. The molecule has 1 rings (SSSR count). The molecule has 0 fully saturated rings. The fourth-order valence-corrected chi connectivity index (χ4v) is 0.373. The van der Waals surface area contributed by atoms with Crippen molar-refractivity contribution in [1.82, 2.24) is 9.55 Å². The average Bonchev–Trinajstić information content (AvgIpc) is 2.14. The van der Waals surface area contributed by atoms with Gasteiger partial charge in [0.1, 0.15) is 0 Å². The summed E-state index contributed by atoms with van der Waals surface area (Å²) in [5, 5.41) is 0. The molecule has 0 aromatic carbocycles. The van der Waals surface area contributed by atoms with Crippen molar-refractivity contribution in [3.8, 4) is 0 Å². The Balaban J connectivity index is 3.09. The normalized spacial score (nSPS) is 9.12. The third kappa shape index (κ3) is 0.598. The van der Waals surface area contributed by atoms with Crippen LogP contribution in [-0.2, 0) is 4.79 Å². The van der Waals surface area contributed by atoms with Crippen LogP contribution in [0, 0.1) is 6.08 Å². The smallest absolute Gasteiger partial charge is 0.278 e. The lowest BCUT2D eigenvalue weighted by Gasteiger charge is -1.81. The first kappa shape index (κ1) is 4.96. The predicted molar refractivity (Wildman–Crippen MR) is 24.3 cm³/mol. The number of hydrogen-bond donors (Lipinski definition) is 0. The molecule has 0 aliphatic heterocycles. The van der Waals surface area contributed by atoms with Crippen molar-refractivity contribution in [2.45, 2.75) is 0 Å².